The summed E-state index contributed by atoms with van der Waals surface area (Å²) in [6.45, 7) is 4.31. The zero-order valence-electron chi connectivity index (χ0n) is 9.72. The third-order valence-electron chi connectivity index (χ3n) is 3.53. The smallest absolute Gasteiger partial charge is 0.0516 e. The van der Waals surface area contributed by atoms with E-state index in [1.54, 1.807) is 6.21 Å². The van der Waals surface area contributed by atoms with E-state index in [2.05, 4.69) is 49.4 Å². The maximum Gasteiger partial charge on any atom is 0.0516 e. The minimum atomic E-state index is -0.0603. The minimum absolute atomic E-state index is 0.0603. The molecule has 2 atom stereocenters. The second-order valence-electron chi connectivity index (χ2n) is 4.64. The third kappa shape index (κ3) is 1.75. The summed E-state index contributed by atoms with van der Waals surface area (Å²) in [5.74, 6) is 0.132. The highest BCUT2D eigenvalue weighted by atomic mass is 16.4. The summed E-state index contributed by atoms with van der Waals surface area (Å²) in [7, 11) is 0. The van der Waals surface area contributed by atoms with Crippen molar-refractivity contribution in [2.45, 2.75) is 20.3 Å². The Kier molecular flexibility index (Phi) is 2.82. The highest BCUT2D eigenvalue weighted by Crippen LogP contribution is 2.43. The predicted octanol–water partition coefficient (Wildman–Crippen LogP) is 3.47. The van der Waals surface area contributed by atoms with Crippen molar-refractivity contribution in [2.24, 2.45) is 16.5 Å². The molecule has 2 aliphatic rings. The first kappa shape index (κ1) is 10.9. The van der Waals surface area contributed by atoms with Gasteiger partial charge in [-0.25, -0.2) is 0 Å². The largest absolute Gasteiger partial charge is 0.411 e. The van der Waals surface area contributed by atoms with E-state index in [4.69, 9.17) is 5.21 Å². The Bertz CT molecular complexity index is 426. The van der Waals surface area contributed by atoms with Crippen LogP contribution >= 0.6 is 0 Å². The molecule has 0 heterocycles. The maximum absolute atomic E-state index is 8.72. The van der Waals surface area contributed by atoms with Crippen LogP contribution in [0.1, 0.15) is 20.3 Å². The number of oxime groups is 1. The Morgan fingerprint density at radius 3 is 2.94 bits per heavy atom. The Hall–Kier alpha value is -1.57. The van der Waals surface area contributed by atoms with Crippen LogP contribution in [-0.2, 0) is 0 Å². The lowest BCUT2D eigenvalue weighted by molar-refractivity contribution is 0.314. The zero-order valence-corrected chi connectivity index (χ0v) is 9.72. The van der Waals surface area contributed by atoms with Crippen LogP contribution in [0.3, 0.4) is 0 Å². The summed E-state index contributed by atoms with van der Waals surface area (Å²) in [6.07, 6.45) is 15.4. The molecule has 0 aromatic carbocycles. The summed E-state index contributed by atoms with van der Waals surface area (Å²) >= 11 is 0. The molecular formula is C14H17NO. The molecule has 0 spiro atoms. The molecule has 0 aromatic heterocycles. The molecule has 0 saturated carbocycles. The standard InChI is InChI=1S/C14H17NO/c1-11-6-7-12(9-11)14(2)8-4-3-5-13(14)10-15-16/h3-6,8-10,13,16H,7H2,1-2H3/b15-10+. The lowest BCUT2D eigenvalue weighted by Gasteiger charge is -2.34. The fraction of sp³-hybridized carbons (Fsp3) is 0.357. The van der Waals surface area contributed by atoms with Crippen LogP contribution in [0.25, 0.3) is 0 Å². The van der Waals surface area contributed by atoms with E-state index in [0.717, 1.165) is 6.42 Å². The molecule has 2 nitrogen and oxygen atoms in total. The normalized spacial score (nSPS) is 33.2. The Morgan fingerprint density at radius 1 is 1.50 bits per heavy atom. The Labute approximate surface area is 96.4 Å². The second-order valence-corrected chi connectivity index (χ2v) is 4.64. The van der Waals surface area contributed by atoms with Crippen LogP contribution < -0.4 is 0 Å². The third-order valence-corrected chi connectivity index (χ3v) is 3.53. The lowest BCUT2D eigenvalue weighted by atomic mass is 9.69. The lowest BCUT2D eigenvalue weighted by Crippen LogP contribution is -2.28. The van der Waals surface area contributed by atoms with E-state index >= 15 is 0 Å². The maximum atomic E-state index is 8.72. The Balaban J connectivity index is 2.32. The summed E-state index contributed by atoms with van der Waals surface area (Å²) in [5.41, 5.74) is 2.64. The van der Waals surface area contributed by atoms with Gasteiger partial charge in [0.05, 0.1) is 6.21 Å². The first-order valence-electron chi connectivity index (χ1n) is 5.58. The molecular weight excluding hydrogens is 198 g/mol. The Morgan fingerprint density at radius 2 is 2.31 bits per heavy atom. The van der Waals surface area contributed by atoms with Gasteiger partial charge >= 0.3 is 0 Å². The molecule has 0 saturated heterocycles. The zero-order chi connectivity index (χ0) is 11.6. The van der Waals surface area contributed by atoms with Crippen molar-refractivity contribution in [2.75, 3.05) is 0 Å². The van der Waals surface area contributed by atoms with Crippen molar-refractivity contribution in [3.05, 3.63) is 47.6 Å². The van der Waals surface area contributed by atoms with Crippen molar-refractivity contribution >= 4 is 6.21 Å². The predicted molar refractivity (Wildman–Crippen MR) is 66.6 cm³/mol. The summed E-state index contributed by atoms with van der Waals surface area (Å²) < 4.78 is 0. The van der Waals surface area contributed by atoms with Crippen molar-refractivity contribution in [1.82, 2.24) is 0 Å². The summed E-state index contributed by atoms with van der Waals surface area (Å²) in [6, 6.07) is 0. The second kappa shape index (κ2) is 4.12. The van der Waals surface area contributed by atoms with E-state index < -0.39 is 0 Å². The van der Waals surface area contributed by atoms with Gasteiger partial charge in [0.1, 0.15) is 0 Å². The molecule has 1 N–H and O–H groups in total. The number of nitrogens with zero attached hydrogens (tertiary/aromatic N) is 1. The molecule has 0 amide bonds. The van der Waals surface area contributed by atoms with E-state index in [1.165, 1.54) is 11.1 Å². The van der Waals surface area contributed by atoms with Crippen LogP contribution in [0.4, 0.5) is 0 Å². The highest BCUT2D eigenvalue weighted by molar-refractivity contribution is 5.67. The fourth-order valence-corrected chi connectivity index (χ4v) is 2.39. The van der Waals surface area contributed by atoms with E-state index in [1.807, 2.05) is 6.08 Å². The number of allylic oxidation sites excluding steroid dienone is 8. The highest BCUT2D eigenvalue weighted by Gasteiger charge is 2.34. The summed E-state index contributed by atoms with van der Waals surface area (Å²) in [4.78, 5) is 0. The molecule has 0 bridgehead atoms. The number of hydrogen-bond donors (Lipinski definition) is 1. The topological polar surface area (TPSA) is 32.6 Å². The van der Waals surface area contributed by atoms with E-state index in [9.17, 15) is 0 Å². The quantitative estimate of drug-likeness (QED) is 0.427. The van der Waals surface area contributed by atoms with Gasteiger partial charge in [-0.05, 0) is 13.3 Å². The summed E-state index contributed by atoms with van der Waals surface area (Å²) in [5, 5.41) is 11.9. The van der Waals surface area contributed by atoms with Gasteiger partial charge in [0.15, 0.2) is 0 Å². The van der Waals surface area contributed by atoms with Crippen molar-refractivity contribution in [3.8, 4) is 0 Å². The minimum Gasteiger partial charge on any atom is -0.411 e. The van der Waals surface area contributed by atoms with Crippen molar-refractivity contribution < 1.29 is 5.21 Å². The monoisotopic (exact) mass is 215 g/mol. The average molecular weight is 215 g/mol. The fourth-order valence-electron chi connectivity index (χ4n) is 2.39. The van der Waals surface area contributed by atoms with Crippen molar-refractivity contribution in [1.29, 1.82) is 0 Å². The van der Waals surface area contributed by atoms with Gasteiger partial charge in [0.25, 0.3) is 0 Å². The van der Waals surface area contributed by atoms with E-state index in [0.29, 0.717) is 0 Å². The van der Waals surface area contributed by atoms with Crippen LogP contribution in [-0.4, -0.2) is 11.4 Å². The van der Waals surface area contributed by atoms with Gasteiger partial charge in [-0.1, -0.05) is 54.5 Å². The van der Waals surface area contributed by atoms with Crippen LogP contribution in [0.15, 0.2) is 52.8 Å². The molecule has 84 valence electrons. The van der Waals surface area contributed by atoms with Crippen LogP contribution in [0.5, 0.6) is 0 Å². The molecule has 0 aliphatic heterocycles. The molecule has 0 aromatic rings. The first-order valence-corrected chi connectivity index (χ1v) is 5.58. The molecule has 2 rings (SSSR count). The molecule has 0 fully saturated rings. The van der Waals surface area contributed by atoms with Crippen LogP contribution in [0.2, 0.25) is 0 Å². The SMILES string of the molecule is CC1=CCC(C2(C)C=CC=CC2/C=N/O)=C1. The first-order chi connectivity index (χ1) is 7.66. The molecule has 0 radical (unpaired) electrons. The van der Waals surface area contributed by atoms with Crippen LogP contribution in [0, 0.1) is 11.3 Å². The molecule has 2 unspecified atom stereocenters. The van der Waals surface area contributed by atoms with Gasteiger partial charge in [-0.2, -0.15) is 0 Å². The van der Waals surface area contributed by atoms with Gasteiger partial charge in [0, 0.05) is 11.3 Å². The van der Waals surface area contributed by atoms with Gasteiger partial charge < -0.3 is 5.21 Å². The van der Waals surface area contributed by atoms with Gasteiger partial charge in [0.2, 0.25) is 0 Å². The van der Waals surface area contributed by atoms with Gasteiger partial charge in [-0.15, -0.1) is 5.16 Å². The number of hydrogen-bond acceptors (Lipinski definition) is 2. The van der Waals surface area contributed by atoms with E-state index in [-0.39, 0.29) is 11.3 Å². The average Bonchev–Trinajstić information content (AvgIpc) is 2.69. The molecule has 2 aliphatic carbocycles. The molecule has 2 heteroatoms. The van der Waals surface area contributed by atoms with Gasteiger partial charge in [-0.3, -0.25) is 0 Å². The number of rotatable bonds is 2. The molecule has 16 heavy (non-hydrogen) atoms. The van der Waals surface area contributed by atoms with Crippen molar-refractivity contribution in [3.63, 3.8) is 0 Å².